The van der Waals surface area contributed by atoms with Gasteiger partial charge in [0.2, 0.25) is 0 Å². The molecule has 0 amide bonds. The van der Waals surface area contributed by atoms with Crippen LogP contribution in [0.1, 0.15) is 24.5 Å². The maximum absolute atomic E-state index is 4.51. The summed E-state index contributed by atoms with van der Waals surface area (Å²) < 4.78 is 0. The minimum atomic E-state index is 0.801. The van der Waals surface area contributed by atoms with Gasteiger partial charge in [-0.25, -0.2) is 0 Å². The Morgan fingerprint density at radius 2 is 1.71 bits per heavy atom. The summed E-state index contributed by atoms with van der Waals surface area (Å²) in [4.78, 5) is 4.51. The number of pyridine rings is 1. The van der Waals surface area contributed by atoms with Crippen molar-refractivity contribution in [3.05, 3.63) is 71.9 Å². The summed E-state index contributed by atoms with van der Waals surface area (Å²) in [6.07, 6.45) is 4.13. The molecule has 2 aromatic carbocycles. The Labute approximate surface area is 125 Å². The molecule has 3 rings (SSSR count). The van der Waals surface area contributed by atoms with Crippen LogP contribution in [0.4, 0.5) is 5.69 Å². The molecule has 0 atom stereocenters. The molecule has 0 aliphatic heterocycles. The van der Waals surface area contributed by atoms with Crippen LogP contribution in [0.5, 0.6) is 0 Å². The van der Waals surface area contributed by atoms with Gasteiger partial charge in [0.15, 0.2) is 0 Å². The molecule has 0 radical (unpaired) electrons. The van der Waals surface area contributed by atoms with Gasteiger partial charge in [-0.2, -0.15) is 0 Å². The summed E-state index contributed by atoms with van der Waals surface area (Å²) >= 11 is 0. The van der Waals surface area contributed by atoms with Crippen molar-refractivity contribution in [1.29, 1.82) is 0 Å². The number of para-hydroxylation sites is 2. The van der Waals surface area contributed by atoms with Crippen molar-refractivity contribution in [3.8, 4) is 0 Å². The van der Waals surface area contributed by atoms with E-state index in [0.29, 0.717) is 0 Å². The molecule has 2 heteroatoms. The van der Waals surface area contributed by atoms with Crippen LogP contribution < -0.4 is 5.32 Å². The molecule has 2 nitrogen and oxygen atoms in total. The summed E-state index contributed by atoms with van der Waals surface area (Å²) in [6, 6.07) is 19.0. The first-order valence-electron chi connectivity index (χ1n) is 7.53. The van der Waals surface area contributed by atoms with Gasteiger partial charge in [0.25, 0.3) is 0 Å². The van der Waals surface area contributed by atoms with Crippen LogP contribution in [0.15, 0.2) is 60.8 Å². The summed E-state index contributed by atoms with van der Waals surface area (Å²) in [5.74, 6) is 0. The standard InChI is InChI=1S/C19H20N2/c1-2-7-15-8-3-4-12-18(15)21-14-17-10-5-9-16-11-6-13-20-19(16)17/h3-6,8-13,21H,2,7,14H2,1H3. The highest BCUT2D eigenvalue weighted by molar-refractivity contribution is 5.81. The third kappa shape index (κ3) is 3.05. The van der Waals surface area contributed by atoms with Gasteiger partial charge in [-0.3, -0.25) is 4.98 Å². The summed E-state index contributed by atoms with van der Waals surface area (Å²) in [5, 5.41) is 4.76. The second kappa shape index (κ2) is 6.40. The molecule has 21 heavy (non-hydrogen) atoms. The average molecular weight is 276 g/mol. The van der Waals surface area contributed by atoms with Crippen molar-refractivity contribution in [1.82, 2.24) is 4.98 Å². The highest BCUT2D eigenvalue weighted by Crippen LogP contribution is 2.20. The Morgan fingerprint density at radius 1 is 0.905 bits per heavy atom. The number of anilines is 1. The van der Waals surface area contributed by atoms with Crippen molar-refractivity contribution in [2.75, 3.05) is 5.32 Å². The summed E-state index contributed by atoms with van der Waals surface area (Å²) in [6.45, 7) is 3.01. The van der Waals surface area contributed by atoms with E-state index in [9.17, 15) is 0 Å². The van der Waals surface area contributed by atoms with Crippen LogP contribution in [0.2, 0.25) is 0 Å². The molecule has 0 aliphatic carbocycles. The van der Waals surface area contributed by atoms with Gasteiger partial charge in [-0.05, 0) is 29.7 Å². The van der Waals surface area contributed by atoms with E-state index in [1.54, 1.807) is 0 Å². The lowest BCUT2D eigenvalue weighted by Crippen LogP contribution is -2.03. The van der Waals surface area contributed by atoms with Gasteiger partial charge >= 0.3 is 0 Å². The number of aryl methyl sites for hydroxylation is 1. The third-order valence-electron chi connectivity index (χ3n) is 3.72. The minimum absolute atomic E-state index is 0.801. The predicted octanol–water partition coefficient (Wildman–Crippen LogP) is 4.80. The zero-order chi connectivity index (χ0) is 14.5. The molecule has 0 saturated heterocycles. The second-order valence-electron chi connectivity index (χ2n) is 5.25. The molecule has 0 unspecified atom stereocenters. The van der Waals surface area contributed by atoms with Crippen LogP contribution in [0, 0.1) is 0 Å². The number of benzene rings is 2. The van der Waals surface area contributed by atoms with Gasteiger partial charge in [0.1, 0.15) is 0 Å². The van der Waals surface area contributed by atoms with E-state index in [-0.39, 0.29) is 0 Å². The van der Waals surface area contributed by atoms with Crippen molar-refractivity contribution >= 4 is 16.6 Å². The molecule has 106 valence electrons. The number of rotatable bonds is 5. The first kappa shape index (κ1) is 13.6. The van der Waals surface area contributed by atoms with Crippen LogP contribution in [0.25, 0.3) is 10.9 Å². The van der Waals surface area contributed by atoms with Gasteiger partial charge in [0, 0.05) is 23.8 Å². The Balaban J connectivity index is 1.84. The lowest BCUT2D eigenvalue weighted by atomic mass is 10.1. The van der Waals surface area contributed by atoms with Gasteiger partial charge in [0.05, 0.1) is 5.52 Å². The number of hydrogen-bond donors (Lipinski definition) is 1. The number of hydrogen-bond acceptors (Lipinski definition) is 2. The fourth-order valence-electron chi connectivity index (χ4n) is 2.68. The molecule has 1 aromatic heterocycles. The topological polar surface area (TPSA) is 24.9 Å². The average Bonchev–Trinajstić information content (AvgIpc) is 2.54. The van der Waals surface area contributed by atoms with Gasteiger partial charge in [-0.15, -0.1) is 0 Å². The smallest absolute Gasteiger partial charge is 0.0751 e. The first-order valence-corrected chi connectivity index (χ1v) is 7.53. The van der Waals surface area contributed by atoms with Crippen LogP contribution in [0.3, 0.4) is 0 Å². The fraction of sp³-hybridized carbons (Fsp3) is 0.211. The highest BCUT2D eigenvalue weighted by Gasteiger charge is 2.04. The molecule has 0 aliphatic rings. The minimum Gasteiger partial charge on any atom is -0.381 e. The van der Waals surface area contributed by atoms with Crippen molar-refractivity contribution in [3.63, 3.8) is 0 Å². The zero-order valence-corrected chi connectivity index (χ0v) is 12.3. The molecular formula is C19H20N2. The normalized spacial score (nSPS) is 10.7. The molecule has 0 saturated carbocycles. The molecular weight excluding hydrogens is 256 g/mol. The van der Waals surface area contributed by atoms with E-state index >= 15 is 0 Å². The zero-order valence-electron chi connectivity index (χ0n) is 12.3. The van der Waals surface area contributed by atoms with E-state index in [1.165, 1.54) is 22.2 Å². The van der Waals surface area contributed by atoms with E-state index in [2.05, 4.69) is 65.8 Å². The predicted molar refractivity (Wildman–Crippen MR) is 89.5 cm³/mol. The quantitative estimate of drug-likeness (QED) is 0.724. The number of aromatic nitrogens is 1. The third-order valence-corrected chi connectivity index (χ3v) is 3.72. The molecule has 1 N–H and O–H groups in total. The highest BCUT2D eigenvalue weighted by atomic mass is 14.9. The van der Waals surface area contributed by atoms with E-state index in [1.807, 2.05) is 12.3 Å². The summed E-state index contributed by atoms with van der Waals surface area (Å²) in [5.41, 5.74) is 4.93. The molecule has 1 heterocycles. The molecule has 0 fully saturated rings. The largest absolute Gasteiger partial charge is 0.381 e. The van der Waals surface area contributed by atoms with Crippen molar-refractivity contribution in [2.24, 2.45) is 0 Å². The van der Waals surface area contributed by atoms with Crippen LogP contribution in [-0.2, 0) is 13.0 Å². The number of fused-ring (bicyclic) bond motifs is 1. The maximum Gasteiger partial charge on any atom is 0.0751 e. The van der Waals surface area contributed by atoms with E-state index in [4.69, 9.17) is 0 Å². The SMILES string of the molecule is CCCc1ccccc1NCc1cccc2cccnc12. The van der Waals surface area contributed by atoms with Crippen LogP contribution >= 0.6 is 0 Å². The monoisotopic (exact) mass is 276 g/mol. The van der Waals surface area contributed by atoms with Crippen molar-refractivity contribution in [2.45, 2.75) is 26.3 Å². The Kier molecular flexibility index (Phi) is 4.15. The lowest BCUT2D eigenvalue weighted by Gasteiger charge is -2.12. The van der Waals surface area contributed by atoms with E-state index in [0.717, 1.165) is 24.9 Å². The lowest BCUT2D eigenvalue weighted by molar-refractivity contribution is 0.919. The Bertz CT molecular complexity index is 729. The number of nitrogens with one attached hydrogen (secondary N) is 1. The van der Waals surface area contributed by atoms with Crippen LogP contribution in [-0.4, -0.2) is 4.98 Å². The van der Waals surface area contributed by atoms with Gasteiger partial charge in [-0.1, -0.05) is 55.8 Å². The Hall–Kier alpha value is -2.35. The Morgan fingerprint density at radius 3 is 2.62 bits per heavy atom. The maximum atomic E-state index is 4.51. The molecule has 0 bridgehead atoms. The summed E-state index contributed by atoms with van der Waals surface area (Å²) in [7, 11) is 0. The van der Waals surface area contributed by atoms with Gasteiger partial charge < -0.3 is 5.32 Å². The fourth-order valence-corrected chi connectivity index (χ4v) is 2.68. The first-order chi connectivity index (χ1) is 10.4. The second-order valence-corrected chi connectivity index (χ2v) is 5.25. The molecule has 0 spiro atoms. The van der Waals surface area contributed by atoms with E-state index < -0.39 is 0 Å². The van der Waals surface area contributed by atoms with Crippen molar-refractivity contribution < 1.29 is 0 Å². The number of nitrogens with zero attached hydrogens (tertiary/aromatic N) is 1. The molecule has 3 aromatic rings.